The lowest BCUT2D eigenvalue weighted by Crippen LogP contribution is -2.60. The Morgan fingerprint density at radius 2 is 2.16 bits per heavy atom. The van der Waals surface area contributed by atoms with E-state index in [0.29, 0.717) is 6.42 Å². The molecule has 3 N–H and O–H groups in total. The van der Waals surface area contributed by atoms with Crippen molar-refractivity contribution in [3.05, 3.63) is 30.1 Å². The summed E-state index contributed by atoms with van der Waals surface area (Å²) >= 11 is 0. The van der Waals surface area contributed by atoms with Crippen LogP contribution in [0.5, 0.6) is 0 Å². The monoisotopic (exact) mass is 263 g/mol. The average Bonchev–Trinajstić information content (AvgIpc) is 2.36. The third-order valence-corrected chi connectivity index (χ3v) is 3.43. The van der Waals surface area contributed by atoms with Crippen LogP contribution in [0.4, 0.5) is 0 Å². The van der Waals surface area contributed by atoms with E-state index in [0.717, 1.165) is 5.56 Å². The third-order valence-electron chi connectivity index (χ3n) is 3.43. The van der Waals surface area contributed by atoms with Crippen molar-refractivity contribution in [2.75, 3.05) is 0 Å². The van der Waals surface area contributed by atoms with E-state index in [9.17, 15) is 9.59 Å². The summed E-state index contributed by atoms with van der Waals surface area (Å²) in [5, 5.41) is 2.79. The number of amides is 2. The quantitative estimate of drug-likeness (QED) is 0.804. The van der Waals surface area contributed by atoms with Gasteiger partial charge in [0.15, 0.2) is 0 Å². The van der Waals surface area contributed by atoms with Gasteiger partial charge in [0.05, 0.1) is 6.42 Å². The van der Waals surface area contributed by atoms with E-state index in [1.165, 1.54) is 0 Å². The highest BCUT2D eigenvalue weighted by Crippen LogP contribution is 2.21. The fourth-order valence-corrected chi connectivity index (χ4v) is 2.14. The lowest BCUT2D eigenvalue weighted by molar-refractivity contribution is -0.133. The zero-order chi connectivity index (χ0) is 14.5. The van der Waals surface area contributed by atoms with Crippen molar-refractivity contribution < 1.29 is 9.59 Å². The summed E-state index contributed by atoms with van der Waals surface area (Å²) in [4.78, 5) is 27.7. The smallest absolute Gasteiger partial charge is 0.243 e. The second-order valence-electron chi connectivity index (χ2n) is 4.93. The maximum absolute atomic E-state index is 12.0. The number of carbonyl (C=O) groups excluding carboxylic acids is 2. The summed E-state index contributed by atoms with van der Waals surface area (Å²) in [6, 6.07) is 3.59. The topological polar surface area (TPSA) is 85.1 Å². The van der Waals surface area contributed by atoms with Gasteiger partial charge in [-0.3, -0.25) is 14.6 Å². The first-order chi connectivity index (χ1) is 8.92. The normalized spacial score (nSPS) is 13.9. The van der Waals surface area contributed by atoms with Gasteiger partial charge in [0.1, 0.15) is 5.54 Å². The molecule has 0 spiro atoms. The zero-order valence-corrected chi connectivity index (χ0v) is 11.6. The van der Waals surface area contributed by atoms with Crippen molar-refractivity contribution >= 4 is 11.8 Å². The maximum atomic E-state index is 12.0. The minimum Gasteiger partial charge on any atom is -0.368 e. The molecule has 5 heteroatoms. The van der Waals surface area contributed by atoms with Crippen LogP contribution in [0.2, 0.25) is 0 Å². The van der Waals surface area contributed by atoms with E-state index >= 15 is 0 Å². The van der Waals surface area contributed by atoms with Crippen LogP contribution >= 0.6 is 0 Å². The highest BCUT2D eigenvalue weighted by atomic mass is 16.2. The molecule has 0 bridgehead atoms. The highest BCUT2D eigenvalue weighted by molar-refractivity contribution is 5.91. The predicted molar refractivity (Wildman–Crippen MR) is 73.1 cm³/mol. The summed E-state index contributed by atoms with van der Waals surface area (Å²) in [7, 11) is 0. The SMILES string of the molecule is CC[C@@](NC(=O)Cc1cccnc1)(C(N)=O)C(C)C. The molecule has 0 saturated heterocycles. The Morgan fingerprint density at radius 3 is 2.58 bits per heavy atom. The molecule has 104 valence electrons. The van der Waals surface area contributed by atoms with Gasteiger partial charge in [-0.2, -0.15) is 0 Å². The van der Waals surface area contributed by atoms with Crippen molar-refractivity contribution in [1.82, 2.24) is 10.3 Å². The van der Waals surface area contributed by atoms with E-state index in [1.807, 2.05) is 26.8 Å². The summed E-state index contributed by atoms with van der Waals surface area (Å²) in [5.41, 5.74) is 5.28. The summed E-state index contributed by atoms with van der Waals surface area (Å²) in [5.74, 6) is -0.778. The number of rotatable bonds is 6. The number of hydrogen-bond donors (Lipinski definition) is 2. The fourth-order valence-electron chi connectivity index (χ4n) is 2.14. The van der Waals surface area contributed by atoms with Gasteiger partial charge in [0.25, 0.3) is 0 Å². The molecule has 2 amide bonds. The molecule has 0 fully saturated rings. The molecule has 1 rings (SSSR count). The number of carbonyl (C=O) groups is 2. The van der Waals surface area contributed by atoms with Crippen molar-refractivity contribution in [2.24, 2.45) is 11.7 Å². The van der Waals surface area contributed by atoms with Gasteiger partial charge in [-0.05, 0) is 24.0 Å². The lowest BCUT2D eigenvalue weighted by Gasteiger charge is -2.34. The Labute approximate surface area is 113 Å². The van der Waals surface area contributed by atoms with E-state index in [4.69, 9.17) is 5.73 Å². The van der Waals surface area contributed by atoms with Gasteiger partial charge < -0.3 is 11.1 Å². The van der Waals surface area contributed by atoms with Crippen molar-refractivity contribution in [2.45, 2.75) is 39.2 Å². The molecule has 1 aromatic rings. The number of pyridine rings is 1. The first-order valence-electron chi connectivity index (χ1n) is 6.42. The number of nitrogens with one attached hydrogen (secondary N) is 1. The number of nitrogens with zero attached hydrogens (tertiary/aromatic N) is 1. The molecule has 5 nitrogen and oxygen atoms in total. The van der Waals surface area contributed by atoms with Crippen LogP contribution in [-0.4, -0.2) is 22.3 Å². The lowest BCUT2D eigenvalue weighted by atomic mass is 9.83. The third kappa shape index (κ3) is 3.53. The highest BCUT2D eigenvalue weighted by Gasteiger charge is 2.39. The maximum Gasteiger partial charge on any atom is 0.243 e. The first-order valence-corrected chi connectivity index (χ1v) is 6.42. The van der Waals surface area contributed by atoms with E-state index in [2.05, 4.69) is 10.3 Å². The van der Waals surface area contributed by atoms with Crippen LogP contribution in [0.15, 0.2) is 24.5 Å². The van der Waals surface area contributed by atoms with Gasteiger partial charge in [-0.25, -0.2) is 0 Å². The molecule has 19 heavy (non-hydrogen) atoms. The molecule has 0 aromatic carbocycles. The number of primary amides is 1. The minimum atomic E-state index is -0.987. The molecule has 0 aliphatic carbocycles. The van der Waals surface area contributed by atoms with Crippen LogP contribution in [0.25, 0.3) is 0 Å². The van der Waals surface area contributed by atoms with E-state index in [1.54, 1.807) is 18.5 Å². The Kier molecular flexibility index (Phi) is 5.03. The van der Waals surface area contributed by atoms with Gasteiger partial charge in [0, 0.05) is 12.4 Å². The number of nitrogens with two attached hydrogens (primary N) is 1. The molecule has 0 aliphatic rings. The molecular formula is C14H21N3O2. The Balaban J connectivity index is 2.80. The largest absolute Gasteiger partial charge is 0.368 e. The summed E-state index contributed by atoms with van der Waals surface area (Å²) < 4.78 is 0. The Bertz CT molecular complexity index is 445. The van der Waals surface area contributed by atoms with Crippen molar-refractivity contribution in [3.63, 3.8) is 0 Å². The molecule has 1 aromatic heterocycles. The van der Waals surface area contributed by atoms with Gasteiger partial charge >= 0.3 is 0 Å². The molecule has 0 aliphatic heterocycles. The van der Waals surface area contributed by atoms with Crippen LogP contribution in [0.1, 0.15) is 32.8 Å². The molecule has 0 saturated carbocycles. The van der Waals surface area contributed by atoms with Crippen LogP contribution < -0.4 is 11.1 Å². The first kappa shape index (κ1) is 15.1. The molecule has 1 atom stereocenters. The summed E-state index contributed by atoms with van der Waals surface area (Å²) in [6.45, 7) is 5.59. The summed E-state index contributed by atoms with van der Waals surface area (Å²) in [6.07, 6.45) is 3.94. The Morgan fingerprint density at radius 1 is 1.47 bits per heavy atom. The van der Waals surface area contributed by atoms with Crippen LogP contribution in [0.3, 0.4) is 0 Å². The minimum absolute atomic E-state index is 0.0622. The molecule has 0 unspecified atom stereocenters. The van der Waals surface area contributed by atoms with Gasteiger partial charge in [-0.15, -0.1) is 0 Å². The molecule has 0 radical (unpaired) electrons. The number of hydrogen-bond acceptors (Lipinski definition) is 3. The van der Waals surface area contributed by atoms with Crippen LogP contribution in [0, 0.1) is 5.92 Å². The number of aromatic nitrogens is 1. The predicted octanol–water partition coefficient (Wildman–Crippen LogP) is 1.03. The van der Waals surface area contributed by atoms with Gasteiger partial charge in [-0.1, -0.05) is 26.8 Å². The zero-order valence-electron chi connectivity index (χ0n) is 11.6. The standard InChI is InChI=1S/C14H21N3O2/c1-4-14(10(2)3,13(15)19)17-12(18)8-11-6-5-7-16-9-11/h5-7,9-10H,4,8H2,1-3H3,(H2,15,19)(H,17,18)/t14-/m0/s1. The van der Waals surface area contributed by atoms with E-state index < -0.39 is 11.4 Å². The Hall–Kier alpha value is -1.91. The van der Waals surface area contributed by atoms with Crippen molar-refractivity contribution in [1.29, 1.82) is 0 Å². The van der Waals surface area contributed by atoms with Crippen LogP contribution in [-0.2, 0) is 16.0 Å². The van der Waals surface area contributed by atoms with E-state index in [-0.39, 0.29) is 18.2 Å². The molecule has 1 heterocycles. The second-order valence-corrected chi connectivity index (χ2v) is 4.93. The van der Waals surface area contributed by atoms with Crippen molar-refractivity contribution in [3.8, 4) is 0 Å². The fraction of sp³-hybridized carbons (Fsp3) is 0.500. The van der Waals surface area contributed by atoms with Gasteiger partial charge in [0.2, 0.25) is 11.8 Å². The average molecular weight is 263 g/mol. The second kappa shape index (κ2) is 6.31. The molecular weight excluding hydrogens is 242 g/mol.